The van der Waals surface area contributed by atoms with E-state index in [9.17, 15) is 4.39 Å². The normalized spacial score (nSPS) is 12.6. The van der Waals surface area contributed by atoms with Crippen LogP contribution in [0.15, 0.2) is 12.3 Å². The lowest BCUT2D eigenvalue weighted by Crippen LogP contribution is -1.99. The smallest absolute Gasteiger partial charge is 0.213 e. The molecule has 1 aromatic rings. The van der Waals surface area contributed by atoms with Crippen LogP contribution in [0.3, 0.4) is 0 Å². The van der Waals surface area contributed by atoms with Gasteiger partial charge in [0.25, 0.3) is 0 Å². The summed E-state index contributed by atoms with van der Waals surface area (Å²) < 4.78 is 18.3. The van der Waals surface area contributed by atoms with E-state index in [2.05, 4.69) is 11.9 Å². The van der Waals surface area contributed by atoms with Crippen LogP contribution >= 0.6 is 0 Å². The Morgan fingerprint density at radius 3 is 2.86 bits per heavy atom. The van der Waals surface area contributed by atoms with Gasteiger partial charge in [-0.05, 0) is 17.9 Å². The summed E-state index contributed by atoms with van der Waals surface area (Å²) in [5.41, 5.74) is 0.693. The van der Waals surface area contributed by atoms with Gasteiger partial charge >= 0.3 is 0 Å². The van der Waals surface area contributed by atoms with E-state index in [1.165, 1.54) is 13.3 Å². The molecular weight excluding hydrogens is 181 g/mol. The lowest BCUT2D eigenvalue weighted by Gasteiger charge is -2.12. The van der Waals surface area contributed by atoms with Gasteiger partial charge < -0.3 is 4.74 Å². The van der Waals surface area contributed by atoms with Crippen molar-refractivity contribution in [1.29, 1.82) is 0 Å². The van der Waals surface area contributed by atoms with Crippen LogP contribution in [-0.2, 0) is 0 Å². The van der Waals surface area contributed by atoms with Crippen molar-refractivity contribution < 1.29 is 9.13 Å². The zero-order valence-electron chi connectivity index (χ0n) is 8.88. The third-order valence-electron chi connectivity index (χ3n) is 2.32. The molecule has 0 bridgehead atoms. The predicted molar refractivity (Wildman–Crippen MR) is 54.1 cm³/mol. The molecule has 1 unspecified atom stereocenters. The van der Waals surface area contributed by atoms with Gasteiger partial charge in [0.15, 0.2) is 0 Å². The molecule has 0 amide bonds. The Bertz CT molecular complexity index is 301. The molecule has 0 spiro atoms. The van der Waals surface area contributed by atoms with E-state index in [-0.39, 0.29) is 11.7 Å². The summed E-state index contributed by atoms with van der Waals surface area (Å²) in [5.74, 6) is 0.452. The van der Waals surface area contributed by atoms with Gasteiger partial charge in [-0.3, -0.25) is 0 Å². The van der Waals surface area contributed by atoms with Crippen molar-refractivity contribution in [3.05, 3.63) is 23.6 Å². The van der Waals surface area contributed by atoms with Crippen molar-refractivity contribution in [2.75, 3.05) is 7.11 Å². The molecule has 78 valence electrons. The molecule has 0 fully saturated rings. The molecular formula is C11H16FNO. The quantitative estimate of drug-likeness (QED) is 0.739. The third kappa shape index (κ3) is 2.44. The maximum atomic E-state index is 13.4. The number of ether oxygens (including phenoxy) is 1. The first-order valence-electron chi connectivity index (χ1n) is 4.88. The van der Waals surface area contributed by atoms with Crippen molar-refractivity contribution in [3.8, 4) is 5.88 Å². The highest BCUT2D eigenvalue weighted by molar-refractivity contribution is 5.25. The topological polar surface area (TPSA) is 22.1 Å². The summed E-state index contributed by atoms with van der Waals surface area (Å²) in [6.45, 7) is 4.11. The van der Waals surface area contributed by atoms with Gasteiger partial charge in [-0.2, -0.15) is 0 Å². The van der Waals surface area contributed by atoms with Crippen LogP contribution in [0.5, 0.6) is 5.88 Å². The molecule has 0 aliphatic carbocycles. The Hall–Kier alpha value is -1.12. The van der Waals surface area contributed by atoms with Gasteiger partial charge in [0.05, 0.1) is 13.3 Å². The van der Waals surface area contributed by atoms with E-state index in [1.54, 1.807) is 6.07 Å². The first-order valence-corrected chi connectivity index (χ1v) is 4.88. The number of rotatable bonds is 4. The van der Waals surface area contributed by atoms with Crippen molar-refractivity contribution in [3.63, 3.8) is 0 Å². The van der Waals surface area contributed by atoms with Crippen LogP contribution in [0, 0.1) is 5.82 Å². The van der Waals surface area contributed by atoms with E-state index in [0.29, 0.717) is 11.4 Å². The third-order valence-corrected chi connectivity index (χ3v) is 2.32. The van der Waals surface area contributed by atoms with E-state index in [0.717, 1.165) is 12.8 Å². The number of aromatic nitrogens is 1. The fourth-order valence-electron chi connectivity index (χ4n) is 1.51. The summed E-state index contributed by atoms with van der Waals surface area (Å²) in [7, 11) is 1.54. The van der Waals surface area contributed by atoms with Crippen molar-refractivity contribution in [1.82, 2.24) is 4.98 Å². The maximum absolute atomic E-state index is 13.4. The first-order chi connectivity index (χ1) is 6.69. The number of halogens is 1. The van der Waals surface area contributed by atoms with Crippen LogP contribution < -0.4 is 4.74 Å². The molecule has 0 aliphatic rings. The minimum Gasteiger partial charge on any atom is -0.481 e. The summed E-state index contributed by atoms with van der Waals surface area (Å²) in [6.07, 6.45) is 3.25. The second-order valence-corrected chi connectivity index (χ2v) is 3.44. The number of nitrogens with zero attached hydrogens (tertiary/aromatic N) is 1. The lowest BCUT2D eigenvalue weighted by atomic mass is 9.97. The largest absolute Gasteiger partial charge is 0.481 e. The Morgan fingerprint density at radius 1 is 1.57 bits per heavy atom. The van der Waals surface area contributed by atoms with E-state index >= 15 is 0 Å². The van der Waals surface area contributed by atoms with Gasteiger partial charge in [0.2, 0.25) is 5.88 Å². The molecule has 1 aromatic heterocycles. The summed E-state index contributed by atoms with van der Waals surface area (Å²) in [5, 5.41) is 0. The van der Waals surface area contributed by atoms with Crippen LogP contribution in [-0.4, -0.2) is 12.1 Å². The molecule has 1 atom stereocenters. The number of methoxy groups -OCH3 is 1. The fourth-order valence-corrected chi connectivity index (χ4v) is 1.51. The Kier molecular flexibility index (Phi) is 3.86. The minimum absolute atomic E-state index is 0.219. The van der Waals surface area contributed by atoms with Crippen molar-refractivity contribution >= 4 is 0 Å². The van der Waals surface area contributed by atoms with Gasteiger partial charge in [-0.1, -0.05) is 20.3 Å². The zero-order chi connectivity index (χ0) is 10.6. The van der Waals surface area contributed by atoms with Crippen LogP contribution in [0.1, 0.15) is 38.2 Å². The van der Waals surface area contributed by atoms with Gasteiger partial charge in [0, 0.05) is 6.07 Å². The second-order valence-electron chi connectivity index (χ2n) is 3.44. The van der Waals surface area contributed by atoms with Gasteiger partial charge in [0.1, 0.15) is 5.82 Å². The Balaban J connectivity index is 2.93. The highest BCUT2D eigenvalue weighted by Crippen LogP contribution is 2.25. The summed E-state index contributed by atoms with van der Waals surface area (Å²) >= 11 is 0. The Labute approximate surface area is 84.1 Å². The zero-order valence-corrected chi connectivity index (χ0v) is 8.88. The van der Waals surface area contributed by atoms with Crippen molar-refractivity contribution in [2.45, 2.75) is 32.6 Å². The van der Waals surface area contributed by atoms with Gasteiger partial charge in [-0.15, -0.1) is 0 Å². The van der Waals surface area contributed by atoms with Crippen molar-refractivity contribution in [2.24, 2.45) is 0 Å². The highest BCUT2D eigenvalue weighted by atomic mass is 19.1. The molecule has 1 rings (SSSR count). The Morgan fingerprint density at radius 2 is 2.29 bits per heavy atom. The van der Waals surface area contributed by atoms with Crippen LogP contribution in [0.4, 0.5) is 4.39 Å². The minimum atomic E-state index is -0.244. The predicted octanol–water partition coefficient (Wildman–Crippen LogP) is 3.13. The highest BCUT2D eigenvalue weighted by Gasteiger charge is 2.11. The summed E-state index contributed by atoms with van der Waals surface area (Å²) in [6, 6.07) is 1.68. The van der Waals surface area contributed by atoms with Crippen LogP contribution in [0.2, 0.25) is 0 Å². The SMILES string of the molecule is CCCC(C)c1cc(OC)ncc1F. The number of hydrogen-bond donors (Lipinski definition) is 0. The average molecular weight is 197 g/mol. The van der Waals surface area contributed by atoms with E-state index in [1.807, 2.05) is 6.92 Å². The average Bonchev–Trinajstić information content (AvgIpc) is 2.19. The first kappa shape index (κ1) is 11.0. The monoisotopic (exact) mass is 197 g/mol. The molecule has 0 N–H and O–H groups in total. The lowest BCUT2D eigenvalue weighted by molar-refractivity contribution is 0.393. The van der Waals surface area contributed by atoms with Crippen LogP contribution in [0.25, 0.3) is 0 Å². The van der Waals surface area contributed by atoms with E-state index < -0.39 is 0 Å². The number of pyridine rings is 1. The molecule has 0 aliphatic heterocycles. The maximum Gasteiger partial charge on any atom is 0.213 e. The molecule has 2 nitrogen and oxygen atoms in total. The molecule has 0 radical (unpaired) electrons. The molecule has 3 heteroatoms. The second kappa shape index (κ2) is 4.94. The van der Waals surface area contributed by atoms with E-state index in [4.69, 9.17) is 4.74 Å². The fraction of sp³-hybridized carbons (Fsp3) is 0.545. The molecule has 0 saturated carbocycles. The molecule has 0 saturated heterocycles. The van der Waals surface area contributed by atoms with Gasteiger partial charge in [-0.25, -0.2) is 9.37 Å². The summed E-state index contributed by atoms with van der Waals surface area (Å²) in [4.78, 5) is 3.80. The molecule has 0 aromatic carbocycles. The number of hydrogen-bond acceptors (Lipinski definition) is 2. The molecule has 1 heterocycles. The standard InChI is InChI=1S/C11H16FNO/c1-4-5-8(2)9-6-11(14-3)13-7-10(9)12/h6-8H,4-5H2,1-3H3. The molecule has 14 heavy (non-hydrogen) atoms.